The summed E-state index contributed by atoms with van der Waals surface area (Å²) in [5.74, 6) is 0.673. The van der Waals surface area contributed by atoms with Crippen LogP contribution >= 0.6 is 12.4 Å². The normalized spacial score (nSPS) is 24.1. The van der Waals surface area contributed by atoms with Gasteiger partial charge in [0.15, 0.2) is 0 Å². The summed E-state index contributed by atoms with van der Waals surface area (Å²) in [6.07, 6.45) is 6.19. The third-order valence-electron chi connectivity index (χ3n) is 5.52. The van der Waals surface area contributed by atoms with Crippen molar-refractivity contribution in [3.63, 3.8) is 0 Å². The van der Waals surface area contributed by atoms with Crippen molar-refractivity contribution in [3.05, 3.63) is 47.2 Å². The molecule has 1 aromatic carbocycles. The Morgan fingerprint density at radius 3 is 2.93 bits per heavy atom. The Balaban J connectivity index is 0.00000210. The SMILES string of the molecule is Cc1cnn(C2CCCc3ccccc32)c1NC(=O)[C@@H]1CC[C@H](CN)O1.Cl. The van der Waals surface area contributed by atoms with E-state index in [-0.39, 0.29) is 30.5 Å². The van der Waals surface area contributed by atoms with E-state index in [4.69, 9.17) is 10.5 Å². The fraction of sp³-hybridized carbons (Fsp3) is 0.500. The Morgan fingerprint density at radius 2 is 2.15 bits per heavy atom. The molecule has 3 N–H and O–H groups in total. The summed E-state index contributed by atoms with van der Waals surface area (Å²) in [6, 6.07) is 8.68. The van der Waals surface area contributed by atoms with Crippen molar-refractivity contribution in [2.24, 2.45) is 5.73 Å². The number of fused-ring (bicyclic) bond motifs is 1. The summed E-state index contributed by atoms with van der Waals surface area (Å²) >= 11 is 0. The van der Waals surface area contributed by atoms with Crippen molar-refractivity contribution in [1.82, 2.24) is 9.78 Å². The van der Waals surface area contributed by atoms with Crippen molar-refractivity contribution in [1.29, 1.82) is 0 Å². The number of carbonyl (C=O) groups is 1. The largest absolute Gasteiger partial charge is 0.364 e. The molecule has 0 spiro atoms. The summed E-state index contributed by atoms with van der Waals surface area (Å²) in [5, 5.41) is 7.66. The van der Waals surface area contributed by atoms with Gasteiger partial charge in [0, 0.05) is 12.1 Å². The maximum Gasteiger partial charge on any atom is 0.254 e. The Bertz CT molecular complexity index is 807. The zero-order valence-electron chi connectivity index (χ0n) is 15.6. The predicted molar refractivity (Wildman–Crippen MR) is 107 cm³/mol. The lowest BCUT2D eigenvalue weighted by molar-refractivity contribution is -0.126. The number of nitrogens with two attached hydrogens (primary N) is 1. The molecule has 2 heterocycles. The number of nitrogens with one attached hydrogen (secondary N) is 1. The molecular weight excluding hydrogens is 364 g/mol. The van der Waals surface area contributed by atoms with Crippen molar-refractivity contribution < 1.29 is 9.53 Å². The summed E-state index contributed by atoms with van der Waals surface area (Å²) in [4.78, 5) is 12.7. The first-order valence-corrected chi connectivity index (χ1v) is 9.45. The molecule has 1 aromatic heterocycles. The van der Waals surface area contributed by atoms with Gasteiger partial charge in [-0.25, -0.2) is 4.68 Å². The molecule has 2 aromatic rings. The lowest BCUT2D eigenvalue weighted by Crippen LogP contribution is -2.31. The minimum atomic E-state index is -0.426. The third-order valence-corrected chi connectivity index (χ3v) is 5.52. The van der Waals surface area contributed by atoms with E-state index in [1.54, 1.807) is 0 Å². The van der Waals surface area contributed by atoms with E-state index in [2.05, 4.69) is 34.7 Å². The second-order valence-electron chi connectivity index (χ2n) is 7.28. The summed E-state index contributed by atoms with van der Waals surface area (Å²) in [5.41, 5.74) is 9.30. The highest BCUT2D eigenvalue weighted by atomic mass is 35.5. The molecule has 27 heavy (non-hydrogen) atoms. The van der Waals surface area contributed by atoms with Crippen LogP contribution in [0.15, 0.2) is 30.5 Å². The van der Waals surface area contributed by atoms with Crippen LogP contribution in [0.3, 0.4) is 0 Å². The van der Waals surface area contributed by atoms with E-state index in [9.17, 15) is 4.79 Å². The highest BCUT2D eigenvalue weighted by Crippen LogP contribution is 2.35. The third kappa shape index (κ3) is 3.88. The Hall–Kier alpha value is -1.89. The average molecular weight is 391 g/mol. The second-order valence-corrected chi connectivity index (χ2v) is 7.28. The molecule has 0 radical (unpaired) electrons. The molecule has 0 saturated carbocycles. The minimum absolute atomic E-state index is 0. The number of nitrogens with zero attached hydrogens (tertiary/aromatic N) is 2. The first-order chi connectivity index (χ1) is 12.7. The molecule has 1 unspecified atom stereocenters. The fourth-order valence-electron chi connectivity index (χ4n) is 4.09. The van der Waals surface area contributed by atoms with Crippen molar-refractivity contribution >= 4 is 24.1 Å². The lowest BCUT2D eigenvalue weighted by atomic mass is 9.88. The number of hydrogen-bond donors (Lipinski definition) is 2. The van der Waals surface area contributed by atoms with E-state index in [1.165, 1.54) is 11.1 Å². The van der Waals surface area contributed by atoms with E-state index < -0.39 is 6.10 Å². The molecular formula is C20H27ClN4O2. The zero-order chi connectivity index (χ0) is 18.1. The van der Waals surface area contributed by atoms with Crippen LogP contribution in [0.4, 0.5) is 5.82 Å². The van der Waals surface area contributed by atoms with Gasteiger partial charge in [0.25, 0.3) is 5.91 Å². The molecule has 1 fully saturated rings. The zero-order valence-corrected chi connectivity index (χ0v) is 16.4. The summed E-state index contributed by atoms with van der Waals surface area (Å²) in [7, 11) is 0. The number of aromatic nitrogens is 2. The van der Waals surface area contributed by atoms with Gasteiger partial charge in [-0.3, -0.25) is 4.79 Å². The Morgan fingerprint density at radius 1 is 1.33 bits per heavy atom. The van der Waals surface area contributed by atoms with Crippen LogP contribution in [0.1, 0.15) is 48.4 Å². The number of anilines is 1. The predicted octanol–water partition coefficient (Wildman–Crippen LogP) is 2.98. The first kappa shape index (κ1) is 19.9. The topological polar surface area (TPSA) is 82.2 Å². The van der Waals surface area contributed by atoms with Gasteiger partial charge in [0.2, 0.25) is 0 Å². The maximum atomic E-state index is 12.7. The molecule has 6 nitrogen and oxygen atoms in total. The number of benzene rings is 1. The van der Waals surface area contributed by atoms with E-state index in [0.717, 1.165) is 37.1 Å². The van der Waals surface area contributed by atoms with Crippen molar-refractivity contribution in [3.8, 4) is 0 Å². The number of hydrogen-bond acceptors (Lipinski definition) is 4. The minimum Gasteiger partial charge on any atom is -0.364 e. The van der Waals surface area contributed by atoms with E-state index in [1.807, 2.05) is 17.8 Å². The van der Waals surface area contributed by atoms with E-state index >= 15 is 0 Å². The van der Waals surface area contributed by atoms with Crippen LogP contribution in [0.5, 0.6) is 0 Å². The van der Waals surface area contributed by atoms with Gasteiger partial charge in [0.1, 0.15) is 11.9 Å². The highest BCUT2D eigenvalue weighted by molar-refractivity contribution is 5.94. The molecule has 1 saturated heterocycles. The van der Waals surface area contributed by atoms with Crippen LogP contribution in [-0.4, -0.2) is 34.4 Å². The van der Waals surface area contributed by atoms with Gasteiger partial charge in [-0.15, -0.1) is 12.4 Å². The number of rotatable bonds is 4. The van der Waals surface area contributed by atoms with Crippen LogP contribution in [0.25, 0.3) is 0 Å². The van der Waals surface area contributed by atoms with Crippen LogP contribution in [0.2, 0.25) is 0 Å². The number of carbonyl (C=O) groups excluding carboxylic acids is 1. The van der Waals surface area contributed by atoms with Gasteiger partial charge in [0.05, 0.1) is 18.3 Å². The van der Waals surface area contributed by atoms with Gasteiger partial charge in [-0.2, -0.15) is 5.10 Å². The molecule has 1 aliphatic heterocycles. The number of ether oxygens (including phenoxy) is 1. The molecule has 0 bridgehead atoms. The molecule has 2 aliphatic rings. The van der Waals surface area contributed by atoms with Crippen LogP contribution in [0, 0.1) is 6.92 Å². The molecule has 1 aliphatic carbocycles. The van der Waals surface area contributed by atoms with Gasteiger partial charge >= 0.3 is 0 Å². The smallest absolute Gasteiger partial charge is 0.254 e. The first-order valence-electron chi connectivity index (χ1n) is 9.45. The fourth-order valence-corrected chi connectivity index (χ4v) is 4.09. The molecule has 146 valence electrons. The van der Waals surface area contributed by atoms with Gasteiger partial charge in [-0.1, -0.05) is 24.3 Å². The summed E-state index contributed by atoms with van der Waals surface area (Å²) < 4.78 is 7.71. The molecule has 3 atom stereocenters. The Labute approximate surface area is 165 Å². The molecule has 7 heteroatoms. The molecule has 1 amide bonds. The Kier molecular flexibility index (Phi) is 6.19. The van der Waals surface area contributed by atoms with Crippen LogP contribution < -0.4 is 11.1 Å². The maximum absolute atomic E-state index is 12.7. The van der Waals surface area contributed by atoms with Crippen molar-refractivity contribution in [2.45, 2.75) is 57.3 Å². The second kappa shape index (κ2) is 8.42. The summed E-state index contributed by atoms with van der Waals surface area (Å²) in [6.45, 7) is 2.44. The van der Waals surface area contributed by atoms with Crippen molar-refractivity contribution in [2.75, 3.05) is 11.9 Å². The van der Waals surface area contributed by atoms with Crippen LogP contribution in [-0.2, 0) is 16.0 Å². The monoisotopic (exact) mass is 390 g/mol. The quantitative estimate of drug-likeness (QED) is 0.840. The lowest BCUT2D eigenvalue weighted by Gasteiger charge is -2.27. The number of aryl methyl sites for hydroxylation is 2. The number of halogens is 1. The standard InChI is InChI=1S/C20H26N4O2.ClH/c1-13-12-22-24(17-8-4-6-14-5-2-3-7-16(14)17)19(13)23-20(25)18-10-9-15(11-21)26-18;/h2-3,5,7,12,15,17-18H,4,6,8-11,21H2,1H3,(H,23,25);1H/t15-,17?,18+;/m1./s1. The highest BCUT2D eigenvalue weighted by Gasteiger charge is 2.32. The molecule has 4 rings (SSSR count). The van der Waals surface area contributed by atoms with E-state index in [0.29, 0.717) is 13.0 Å². The van der Waals surface area contributed by atoms with Gasteiger partial charge < -0.3 is 15.8 Å². The average Bonchev–Trinajstić information content (AvgIpc) is 3.29. The number of amides is 1. The van der Waals surface area contributed by atoms with Gasteiger partial charge in [-0.05, 0) is 50.2 Å².